The Kier molecular flexibility index (Phi) is 2.35. The molecule has 1 aromatic rings. The third-order valence-corrected chi connectivity index (χ3v) is 4.87. The van der Waals surface area contributed by atoms with Gasteiger partial charge in [0.2, 0.25) is 0 Å². The molecule has 0 spiro atoms. The summed E-state index contributed by atoms with van der Waals surface area (Å²) < 4.78 is 23.7. The first kappa shape index (κ1) is 10.6. The Morgan fingerprint density at radius 2 is 1.87 bits per heavy atom. The van der Waals surface area contributed by atoms with Crippen LogP contribution in [0.5, 0.6) is 0 Å². The molecule has 0 aliphatic carbocycles. The van der Waals surface area contributed by atoms with E-state index in [2.05, 4.69) is 5.32 Å². The number of fused-ring (bicyclic) bond motifs is 1. The molecule has 82 valence electrons. The summed E-state index contributed by atoms with van der Waals surface area (Å²) in [7, 11) is -1.27. The van der Waals surface area contributed by atoms with Crippen LogP contribution in [0.25, 0.3) is 0 Å². The molecule has 3 nitrogen and oxygen atoms in total. The van der Waals surface area contributed by atoms with Gasteiger partial charge in [-0.05, 0) is 43.7 Å². The van der Waals surface area contributed by atoms with E-state index in [9.17, 15) is 8.42 Å². The molecule has 0 radical (unpaired) electrons. The Bertz CT molecular complexity index is 506. The molecule has 0 saturated carbocycles. The predicted octanol–water partition coefficient (Wildman–Crippen LogP) is 1.35. The molecule has 0 saturated heterocycles. The standard InChI is InChI=1S/C11H15NO2S/c1-7-4-9-10(12-3)6-15(13,14)11(9)5-8(7)2/h4-5,10,12H,6H2,1-3H3. The first-order valence-electron chi connectivity index (χ1n) is 4.97. The van der Waals surface area contributed by atoms with Gasteiger partial charge in [0.25, 0.3) is 0 Å². The predicted molar refractivity (Wildman–Crippen MR) is 59.8 cm³/mol. The third-order valence-electron chi connectivity index (χ3n) is 3.07. The van der Waals surface area contributed by atoms with Crippen LogP contribution in [-0.4, -0.2) is 21.2 Å². The molecule has 1 atom stereocenters. The van der Waals surface area contributed by atoms with Crippen LogP contribution < -0.4 is 5.32 Å². The van der Waals surface area contributed by atoms with Gasteiger partial charge in [-0.25, -0.2) is 8.42 Å². The van der Waals surface area contributed by atoms with Crippen molar-refractivity contribution in [1.29, 1.82) is 0 Å². The van der Waals surface area contributed by atoms with Gasteiger partial charge in [-0.1, -0.05) is 6.07 Å². The Balaban J connectivity index is 2.70. The molecule has 1 heterocycles. The fraction of sp³-hybridized carbons (Fsp3) is 0.455. The van der Waals surface area contributed by atoms with Gasteiger partial charge in [-0.2, -0.15) is 0 Å². The van der Waals surface area contributed by atoms with E-state index in [4.69, 9.17) is 0 Å². The summed E-state index contributed by atoms with van der Waals surface area (Å²) in [5, 5.41) is 3.04. The number of nitrogens with one attached hydrogen (secondary N) is 1. The van der Waals surface area contributed by atoms with Crippen LogP contribution in [0.3, 0.4) is 0 Å². The number of benzene rings is 1. The summed E-state index contributed by atoms with van der Waals surface area (Å²) in [6, 6.07) is 3.72. The quantitative estimate of drug-likeness (QED) is 0.784. The molecule has 15 heavy (non-hydrogen) atoms. The van der Waals surface area contributed by atoms with Crippen molar-refractivity contribution in [3.05, 3.63) is 28.8 Å². The second-order valence-corrected chi connectivity index (χ2v) is 6.10. The highest BCUT2D eigenvalue weighted by atomic mass is 32.2. The second-order valence-electron chi connectivity index (χ2n) is 4.10. The maximum atomic E-state index is 11.8. The summed E-state index contributed by atoms with van der Waals surface area (Å²) in [5.41, 5.74) is 3.10. The average Bonchev–Trinajstić information content (AvgIpc) is 2.40. The lowest BCUT2D eigenvalue weighted by atomic mass is 10.0. The van der Waals surface area contributed by atoms with Gasteiger partial charge >= 0.3 is 0 Å². The van der Waals surface area contributed by atoms with Crippen molar-refractivity contribution in [2.75, 3.05) is 12.8 Å². The van der Waals surface area contributed by atoms with Crippen molar-refractivity contribution < 1.29 is 8.42 Å². The Morgan fingerprint density at radius 1 is 1.27 bits per heavy atom. The maximum Gasteiger partial charge on any atom is 0.180 e. The van der Waals surface area contributed by atoms with Crippen molar-refractivity contribution in [3.63, 3.8) is 0 Å². The summed E-state index contributed by atoms with van der Waals surface area (Å²) in [4.78, 5) is 0.505. The maximum absolute atomic E-state index is 11.8. The van der Waals surface area contributed by atoms with E-state index < -0.39 is 9.84 Å². The van der Waals surface area contributed by atoms with Crippen LogP contribution in [0.15, 0.2) is 17.0 Å². The minimum Gasteiger partial charge on any atom is -0.312 e. The van der Waals surface area contributed by atoms with Gasteiger partial charge < -0.3 is 5.32 Å². The monoisotopic (exact) mass is 225 g/mol. The molecule has 2 rings (SSSR count). The molecule has 1 aliphatic heterocycles. The van der Waals surface area contributed by atoms with E-state index in [1.807, 2.05) is 19.9 Å². The number of rotatable bonds is 1. The summed E-state index contributed by atoms with van der Waals surface area (Å²) in [6.45, 7) is 3.95. The van der Waals surface area contributed by atoms with Gasteiger partial charge in [0, 0.05) is 6.04 Å². The highest BCUT2D eigenvalue weighted by molar-refractivity contribution is 7.91. The topological polar surface area (TPSA) is 46.2 Å². The summed E-state index contributed by atoms with van der Waals surface area (Å²) in [5.74, 6) is 0.182. The highest BCUT2D eigenvalue weighted by Gasteiger charge is 2.34. The van der Waals surface area contributed by atoms with Crippen molar-refractivity contribution in [2.45, 2.75) is 24.8 Å². The molecule has 4 heteroatoms. The number of hydrogen-bond acceptors (Lipinski definition) is 3. The summed E-state index contributed by atoms with van der Waals surface area (Å²) >= 11 is 0. The minimum absolute atomic E-state index is 0.0516. The van der Waals surface area contributed by atoms with Crippen molar-refractivity contribution in [3.8, 4) is 0 Å². The van der Waals surface area contributed by atoms with Crippen molar-refractivity contribution in [2.24, 2.45) is 0 Å². The van der Waals surface area contributed by atoms with Gasteiger partial charge in [0.15, 0.2) is 9.84 Å². The molecule has 1 N–H and O–H groups in total. The van der Waals surface area contributed by atoms with E-state index in [0.29, 0.717) is 4.90 Å². The Hall–Kier alpha value is -0.870. The Labute approximate surface area is 90.4 Å². The second kappa shape index (κ2) is 3.32. The zero-order chi connectivity index (χ0) is 11.2. The number of aryl methyl sites for hydroxylation is 2. The molecule has 1 unspecified atom stereocenters. The smallest absolute Gasteiger partial charge is 0.180 e. The summed E-state index contributed by atoms with van der Waals surface area (Å²) in [6.07, 6.45) is 0. The lowest BCUT2D eigenvalue weighted by Gasteiger charge is -2.09. The van der Waals surface area contributed by atoms with E-state index in [1.54, 1.807) is 13.1 Å². The molecule has 1 aromatic carbocycles. The van der Waals surface area contributed by atoms with Crippen LogP contribution in [0.1, 0.15) is 22.7 Å². The van der Waals surface area contributed by atoms with Crippen molar-refractivity contribution >= 4 is 9.84 Å². The molecular formula is C11H15NO2S. The fourth-order valence-corrected chi connectivity index (χ4v) is 3.87. The Morgan fingerprint density at radius 3 is 2.47 bits per heavy atom. The largest absolute Gasteiger partial charge is 0.312 e. The normalized spacial score (nSPS) is 22.7. The number of hydrogen-bond donors (Lipinski definition) is 1. The first-order valence-corrected chi connectivity index (χ1v) is 6.62. The number of sulfone groups is 1. The van der Waals surface area contributed by atoms with Crippen molar-refractivity contribution in [1.82, 2.24) is 5.32 Å². The van der Waals surface area contributed by atoms with Gasteiger partial charge in [0.05, 0.1) is 10.6 Å². The molecule has 0 bridgehead atoms. The average molecular weight is 225 g/mol. The zero-order valence-corrected chi connectivity index (χ0v) is 9.98. The van der Waals surface area contributed by atoms with E-state index >= 15 is 0 Å². The zero-order valence-electron chi connectivity index (χ0n) is 9.16. The molecule has 0 fully saturated rings. The highest BCUT2D eigenvalue weighted by Crippen LogP contribution is 2.34. The molecular weight excluding hydrogens is 210 g/mol. The van der Waals surface area contributed by atoms with Crippen LogP contribution >= 0.6 is 0 Å². The molecule has 0 aromatic heterocycles. The third kappa shape index (κ3) is 1.58. The van der Waals surface area contributed by atoms with E-state index in [-0.39, 0.29) is 11.8 Å². The first-order chi connectivity index (χ1) is 6.95. The van der Waals surface area contributed by atoms with Gasteiger partial charge in [-0.3, -0.25) is 0 Å². The van der Waals surface area contributed by atoms with E-state index in [0.717, 1.165) is 16.7 Å². The fourth-order valence-electron chi connectivity index (χ4n) is 1.99. The van der Waals surface area contributed by atoms with Crippen LogP contribution in [0.4, 0.5) is 0 Å². The van der Waals surface area contributed by atoms with Crippen LogP contribution in [0.2, 0.25) is 0 Å². The molecule has 1 aliphatic rings. The lowest BCUT2D eigenvalue weighted by Crippen LogP contribution is -2.17. The van der Waals surface area contributed by atoms with Gasteiger partial charge in [0.1, 0.15) is 0 Å². The van der Waals surface area contributed by atoms with E-state index in [1.165, 1.54) is 0 Å². The minimum atomic E-state index is -3.07. The molecule has 0 amide bonds. The van der Waals surface area contributed by atoms with Crippen LogP contribution in [0, 0.1) is 13.8 Å². The lowest BCUT2D eigenvalue weighted by molar-refractivity contribution is 0.591. The van der Waals surface area contributed by atoms with Crippen LogP contribution in [-0.2, 0) is 9.84 Å². The van der Waals surface area contributed by atoms with Gasteiger partial charge in [-0.15, -0.1) is 0 Å². The SMILES string of the molecule is CNC1CS(=O)(=O)c2cc(C)c(C)cc21.